The van der Waals surface area contributed by atoms with Crippen LogP contribution in [0.2, 0.25) is 5.02 Å². The number of halogens is 1. The number of benzene rings is 1. The van der Waals surface area contributed by atoms with Crippen LogP contribution in [-0.2, 0) is 20.1 Å². The molecular weight excluding hydrogens is 290 g/mol. The van der Waals surface area contributed by atoms with Gasteiger partial charge in [-0.05, 0) is 13.1 Å². The summed E-state index contributed by atoms with van der Waals surface area (Å²) in [7, 11) is 4.04. The Labute approximate surface area is 127 Å². The molecule has 0 radical (unpaired) electrons. The Morgan fingerprint density at radius 3 is 2.80 bits per heavy atom. The third kappa shape index (κ3) is 2.73. The Bertz CT molecular complexity index is 732. The fourth-order valence-corrected chi connectivity index (χ4v) is 3.91. The van der Waals surface area contributed by atoms with Crippen LogP contribution in [0.15, 0.2) is 36.7 Å². The summed E-state index contributed by atoms with van der Waals surface area (Å²) in [5, 5.41) is 6.24. The van der Waals surface area contributed by atoms with E-state index in [4.69, 9.17) is 11.6 Å². The lowest BCUT2D eigenvalue weighted by molar-refractivity contribution is 0.322. The van der Waals surface area contributed by atoms with Crippen LogP contribution >= 0.6 is 22.9 Å². The van der Waals surface area contributed by atoms with Crippen molar-refractivity contribution in [2.75, 3.05) is 7.05 Å². The largest absolute Gasteiger partial charge is 0.297 e. The van der Waals surface area contributed by atoms with E-state index in [9.17, 15) is 0 Å². The first kappa shape index (κ1) is 13.6. The minimum Gasteiger partial charge on any atom is -0.297 e. The highest BCUT2D eigenvalue weighted by atomic mass is 35.5. The topological polar surface area (TPSA) is 21.1 Å². The molecule has 1 aromatic carbocycles. The van der Waals surface area contributed by atoms with E-state index in [0.717, 1.165) is 23.5 Å². The highest BCUT2D eigenvalue weighted by Gasteiger charge is 2.12. The van der Waals surface area contributed by atoms with Crippen molar-refractivity contribution in [1.29, 1.82) is 0 Å². The van der Waals surface area contributed by atoms with Crippen LogP contribution in [0.3, 0.4) is 0 Å². The van der Waals surface area contributed by atoms with Crippen LogP contribution in [-0.4, -0.2) is 21.7 Å². The van der Waals surface area contributed by atoms with Gasteiger partial charge in [0.05, 0.1) is 11.2 Å². The third-order valence-corrected chi connectivity index (χ3v) is 4.93. The molecule has 20 heavy (non-hydrogen) atoms. The number of thiophene rings is 1. The first-order valence-electron chi connectivity index (χ1n) is 6.45. The molecule has 0 aliphatic heterocycles. The smallest absolute Gasteiger partial charge is 0.0637 e. The second-order valence-electron chi connectivity index (χ2n) is 5.03. The number of fused-ring (bicyclic) bond motifs is 1. The summed E-state index contributed by atoms with van der Waals surface area (Å²) in [6.45, 7) is 1.73. The molecule has 3 nitrogen and oxygen atoms in total. The minimum absolute atomic E-state index is 0.854. The molecule has 0 aliphatic carbocycles. The van der Waals surface area contributed by atoms with Crippen LogP contribution in [0.5, 0.6) is 0 Å². The summed E-state index contributed by atoms with van der Waals surface area (Å²) in [5.74, 6) is 0. The predicted molar refractivity (Wildman–Crippen MR) is 85.2 cm³/mol. The van der Waals surface area contributed by atoms with E-state index in [-0.39, 0.29) is 0 Å². The molecule has 0 atom stereocenters. The molecule has 0 bridgehead atoms. The highest BCUT2D eigenvalue weighted by Crippen LogP contribution is 2.35. The number of aromatic nitrogens is 2. The summed E-state index contributed by atoms with van der Waals surface area (Å²) in [6, 6.07) is 8.29. The predicted octanol–water partition coefficient (Wildman–Crippen LogP) is 3.92. The maximum atomic E-state index is 6.48. The lowest BCUT2D eigenvalue weighted by Crippen LogP contribution is -2.16. The Hall–Kier alpha value is -1.36. The van der Waals surface area contributed by atoms with E-state index in [1.807, 2.05) is 30.2 Å². The number of hydrogen-bond acceptors (Lipinski definition) is 3. The minimum atomic E-state index is 0.854. The zero-order valence-electron chi connectivity index (χ0n) is 11.5. The molecule has 2 heterocycles. The normalized spacial score (nSPS) is 11.6. The maximum Gasteiger partial charge on any atom is 0.0637 e. The molecule has 0 unspecified atom stereocenters. The van der Waals surface area contributed by atoms with Gasteiger partial charge >= 0.3 is 0 Å². The molecule has 0 spiro atoms. The number of nitrogens with zero attached hydrogens (tertiary/aromatic N) is 3. The third-order valence-electron chi connectivity index (χ3n) is 3.23. The van der Waals surface area contributed by atoms with Crippen LogP contribution in [0, 0.1) is 0 Å². The number of rotatable bonds is 4. The lowest BCUT2D eigenvalue weighted by atomic mass is 10.2. The Kier molecular flexibility index (Phi) is 3.78. The quantitative estimate of drug-likeness (QED) is 0.728. The molecule has 0 aliphatic rings. The monoisotopic (exact) mass is 305 g/mol. The van der Waals surface area contributed by atoms with Gasteiger partial charge in [-0.1, -0.05) is 29.8 Å². The van der Waals surface area contributed by atoms with Gasteiger partial charge < -0.3 is 0 Å². The van der Waals surface area contributed by atoms with Gasteiger partial charge in [-0.3, -0.25) is 9.58 Å². The van der Waals surface area contributed by atoms with Crippen molar-refractivity contribution in [3.63, 3.8) is 0 Å². The highest BCUT2D eigenvalue weighted by molar-refractivity contribution is 7.19. The second kappa shape index (κ2) is 5.56. The van der Waals surface area contributed by atoms with Gasteiger partial charge in [0.25, 0.3) is 0 Å². The molecule has 2 aromatic heterocycles. The molecule has 3 aromatic rings. The van der Waals surface area contributed by atoms with Crippen molar-refractivity contribution in [2.24, 2.45) is 7.05 Å². The first-order chi connectivity index (χ1) is 9.63. The summed E-state index contributed by atoms with van der Waals surface area (Å²) >= 11 is 8.25. The number of hydrogen-bond donors (Lipinski definition) is 0. The van der Waals surface area contributed by atoms with Crippen LogP contribution < -0.4 is 0 Å². The van der Waals surface area contributed by atoms with Crippen LogP contribution in [0.25, 0.3) is 10.1 Å². The molecule has 0 amide bonds. The van der Waals surface area contributed by atoms with Crippen molar-refractivity contribution in [3.05, 3.63) is 52.1 Å². The molecular formula is C15H16ClN3S. The van der Waals surface area contributed by atoms with Crippen LogP contribution in [0.4, 0.5) is 0 Å². The van der Waals surface area contributed by atoms with E-state index < -0.39 is 0 Å². The Morgan fingerprint density at radius 2 is 2.10 bits per heavy atom. The lowest BCUT2D eigenvalue weighted by Gasteiger charge is -2.14. The summed E-state index contributed by atoms with van der Waals surface area (Å²) in [5.41, 5.74) is 1.22. The van der Waals surface area contributed by atoms with Gasteiger partial charge in [0.15, 0.2) is 0 Å². The molecule has 0 saturated heterocycles. The summed E-state index contributed by atoms with van der Waals surface area (Å²) in [6.07, 6.45) is 3.95. The first-order valence-corrected chi connectivity index (χ1v) is 7.65. The Morgan fingerprint density at radius 1 is 1.30 bits per heavy atom. The molecule has 104 valence electrons. The van der Waals surface area contributed by atoms with Crippen molar-refractivity contribution < 1.29 is 0 Å². The van der Waals surface area contributed by atoms with Crippen molar-refractivity contribution in [3.8, 4) is 0 Å². The summed E-state index contributed by atoms with van der Waals surface area (Å²) in [4.78, 5) is 3.48. The summed E-state index contributed by atoms with van der Waals surface area (Å²) < 4.78 is 3.08. The van der Waals surface area contributed by atoms with E-state index in [0.29, 0.717) is 0 Å². The standard InChI is InChI=1S/C15H16ClN3S/c1-18(8-11-7-17-19(2)9-11)10-14-15(16)12-5-3-4-6-13(12)20-14/h3-7,9H,8,10H2,1-2H3. The Balaban J connectivity index is 1.77. The maximum absolute atomic E-state index is 6.48. The van der Waals surface area contributed by atoms with Gasteiger partial charge in [0.1, 0.15) is 0 Å². The van der Waals surface area contributed by atoms with Gasteiger partial charge in [-0.15, -0.1) is 11.3 Å². The molecule has 0 fully saturated rings. The molecule has 0 saturated carbocycles. The van der Waals surface area contributed by atoms with E-state index in [1.165, 1.54) is 15.1 Å². The molecule has 5 heteroatoms. The molecule has 3 rings (SSSR count). The van der Waals surface area contributed by atoms with E-state index >= 15 is 0 Å². The van der Waals surface area contributed by atoms with Crippen molar-refractivity contribution >= 4 is 33.0 Å². The fraction of sp³-hybridized carbons (Fsp3) is 0.267. The molecule has 0 N–H and O–H groups in total. The van der Waals surface area contributed by atoms with Gasteiger partial charge in [-0.2, -0.15) is 5.10 Å². The average Bonchev–Trinajstić information content (AvgIpc) is 2.95. The van der Waals surface area contributed by atoms with E-state index in [2.05, 4.69) is 35.2 Å². The average molecular weight is 306 g/mol. The van der Waals surface area contributed by atoms with E-state index in [1.54, 1.807) is 11.3 Å². The van der Waals surface area contributed by atoms with Crippen LogP contribution in [0.1, 0.15) is 10.4 Å². The van der Waals surface area contributed by atoms with Gasteiger partial charge in [-0.25, -0.2) is 0 Å². The van der Waals surface area contributed by atoms with Gasteiger partial charge in [0.2, 0.25) is 0 Å². The SMILES string of the molecule is CN(Cc1cnn(C)c1)Cc1sc2ccccc2c1Cl. The van der Waals surface area contributed by atoms with Gasteiger partial charge in [0, 0.05) is 46.9 Å². The van der Waals surface area contributed by atoms with Crippen molar-refractivity contribution in [2.45, 2.75) is 13.1 Å². The number of aryl methyl sites for hydroxylation is 1. The zero-order valence-corrected chi connectivity index (χ0v) is 13.1. The second-order valence-corrected chi connectivity index (χ2v) is 6.54. The zero-order chi connectivity index (χ0) is 14.1. The van der Waals surface area contributed by atoms with Crippen molar-refractivity contribution in [1.82, 2.24) is 14.7 Å². The fourth-order valence-electron chi connectivity index (χ4n) is 2.33.